The van der Waals surface area contributed by atoms with Crippen LogP contribution in [0.5, 0.6) is 11.5 Å². The van der Waals surface area contributed by atoms with E-state index in [1.165, 1.54) is 0 Å². The van der Waals surface area contributed by atoms with Crippen molar-refractivity contribution in [3.8, 4) is 35.2 Å². The number of hydrogen-bond acceptors (Lipinski definition) is 6. The zero-order valence-corrected chi connectivity index (χ0v) is 20.8. The van der Waals surface area contributed by atoms with Gasteiger partial charge in [0, 0.05) is 26.2 Å². The quantitative estimate of drug-likeness (QED) is 0.256. The second-order valence-electron chi connectivity index (χ2n) is 6.92. The highest BCUT2D eigenvalue weighted by molar-refractivity contribution is 5.61. The minimum absolute atomic E-state index is 0.650. The molecule has 0 aliphatic carbocycles. The maximum Gasteiger partial charge on any atom is 0.120 e. The van der Waals surface area contributed by atoms with E-state index in [4.69, 9.17) is 9.47 Å². The van der Waals surface area contributed by atoms with Crippen LogP contribution < -0.4 is 9.47 Å². The van der Waals surface area contributed by atoms with E-state index in [0.717, 1.165) is 26.2 Å². The molecule has 0 heterocycles. The van der Waals surface area contributed by atoms with Crippen LogP contribution in [0.1, 0.15) is 38.8 Å². The molecule has 0 aliphatic heterocycles. The zero-order chi connectivity index (χ0) is 24.8. The van der Waals surface area contributed by atoms with Crippen LogP contribution in [0.15, 0.2) is 57.1 Å². The van der Waals surface area contributed by atoms with E-state index < -0.39 is 0 Å². The lowest BCUT2D eigenvalue weighted by Crippen LogP contribution is -2.14. The Hall–Kier alpha value is -4.04. The summed E-state index contributed by atoms with van der Waals surface area (Å²) in [6.45, 7) is 11.2. The molecule has 0 saturated carbocycles. The van der Waals surface area contributed by atoms with Crippen LogP contribution in [-0.4, -0.2) is 50.4 Å². The Bertz CT molecular complexity index is 1020. The summed E-state index contributed by atoms with van der Waals surface area (Å²) >= 11 is 0. The van der Waals surface area contributed by atoms with Crippen LogP contribution in [-0.2, 0) is 0 Å². The Labute approximate surface area is 202 Å². The Morgan fingerprint density at radius 1 is 0.647 bits per heavy atom. The van der Waals surface area contributed by atoms with Gasteiger partial charge in [-0.2, -0.15) is 0 Å². The van der Waals surface area contributed by atoms with Gasteiger partial charge in [0.15, 0.2) is 0 Å². The average molecular weight is 461 g/mol. The molecule has 0 aromatic heterocycles. The highest BCUT2D eigenvalue weighted by Crippen LogP contribution is 2.25. The molecule has 2 aromatic rings. The van der Waals surface area contributed by atoms with Crippen molar-refractivity contribution < 1.29 is 9.47 Å². The number of nitrogens with zero attached hydrogens (tertiary/aromatic N) is 6. The molecule has 0 spiro atoms. The molecule has 0 atom stereocenters. The molecule has 0 unspecified atom stereocenters. The highest BCUT2D eigenvalue weighted by Gasteiger charge is 2.04. The number of rotatable bonds is 10. The second kappa shape index (κ2) is 14.2. The van der Waals surface area contributed by atoms with Gasteiger partial charge in [-0.05, 0) is 75.9 Å². The summed E-state index contributed by atoms with van der Waals surface area (Å²) in [5.41, 5.74) is 2.66. The first-order chi connectivity index (χ1) is 16.6. The lowest BCUT2D eigenvalue weighted by Gasteiger charge is -2.11. The van der Waals surface area contributed by atoms with Gasteiger partial charge in [-0.3, -0.25) is 10.0 Å². The molecule has 8 nitrogen and oxygen atoms in total. The fraction of sp³-hybridized carbons (Fsp3) is 0.385. The average Bonchev–Trinajstić information content (AvgIpc) is 2.88. The lowest BCUT2D eigenvalue weighted by atomic mass is 10.1. The van der Waals surface area contributed by atoms with Crippen molar-refractivity contribution >= 4 is 11.4 Å². The molecule has 0 amide bonds. The summed E-state index contributed by atoms with van der Waals surface area (Å²) in [7, 11) is 3.22. The molecule has 0 fully saturated rings. The number of ether oxygens (including phenoxy) is 2. The van der Waals surface area contributed by atoms with Crippen molar-refractivity contribution in [3.63, 3.8) is 0 Å². The second-order valence-corrected chi connectivity index (χ2v) is 6.92. The van der Waals surface area contributed by atoms with Crippen LogP contribution in [0.4, 0.5) is 11.4 Å². The third kappa shape index (κ3) is 7.83. The topological polar surface area (TPSA) is 74.4 Å². The maximum absolute atomic E-state index is 5.33. The van der Waals surface area contributed by atoms with E-state index in [-0.39, 0.29) is 0 Å². The summed E-state index contributed by atoms with van der Waals surface area (Å²) in [4.78, 5) is 0. The number of hydrogen-bond donors (Lipinski definition) is 0. The van der Waals surface area contributed by atoms with Crippen LogP contribution in [0.2, 0.25) is 0 Å². The molecule has 0 bridgehead atoms. The molecular weight excluding hydrogens is 428 g/mol. The lowest BCUT2D eigenvalue weighted by molar-refractivity contribution is 0.300. The van der Waals surface area contributed by atoms with Crippen LogP contribution >= 0.6 is 0 Å². The molecule has 178 valence electrons. The third-order valence-corrected chi connectivity index (χ3v) is 4.88. The van der Waals surface area contributed by atoms with E-state index in [0.29, 0.717) is 34.0 Å². The predicted octanol–water partition coefficient (Wildman–Crippen LogP) is 5.79. The maximum atomic E-state index is 5.33. The van der Waals surface area contributed by atoms with Crippen molar-refractivity contribution in [1.29, 1.82) is 0 Å². The largest absolute Gasteiger partial charge is 0.497 e. The molecule has 0 radical (unpaired) electrons. The molecule has 2 aromatic carbocycles. The van der Waals surface area contributed by atoms with Gasteiger partial charge in [-0.1, -0.05) is 22.3 Å². The number of methoxy groups -OCH3 is 2. The highest BCUT2D eigenvalue weighted by atomic mass is 16.5. The van der Waals surface area contributed by atoms with Crippen molar-refractivity contribution in [3.05, 3.63) is 47.5 Å². The first kappa shape index (κ1) is 26.2. The van der Waals surface area contributed by atoms with Gasteiger partial charge in [0.1, 0.15) is 22.9 Å². The van der Waals surface area contributed by atoms with E-state index in [1.807, 2.05) is 74.1 Å². The van der Waals surface area contributed by atoms with Gasteiger partial charge in [0.05, 0.1) is 25.3 Å². The van der Waals surface area contributed by atoms with Crippen molar-refractivity contribution in [2.45, 2.75) is 27.7 Å². The van der Waals surface area contributed by atoms with Crippen LogP contribution in [0.3, 0.4) is 0 Å². The molecule has 0 N–H and O–H groups in total. The minimum Gasteiger partial charge on any atom is -0.497 e. The van der Waals surface area contributed by atoms with Crippen molar-refractivity contribution in [1.82, 2.24) is 10.0 Å². The summed E-state index contributed by atoms with van der Waals surface area (Å²) in [5.74, 6) is 13.3. The Kier molecular flexibility index (Phi) is 10.9. The van der Waals surface area contributed by atoms with Gasteiger partial charge < -0.3 is 9.47 Å². The van der Waals surface area contributed by atoms with Crippen molar-refractivity contribution in [2.75, 3.05) is 40.4 Å². The molecular formula is C26H32N6O2. The summed E-state index contributed by atoms with van der Waals surface area (Å²) in [6.07, 6.45) is 0. The Morgan fingerprint density at radius 2 is 1.03 bits per heavy atom. The van der Waals surface area contributed by atoms with E-state index >= 15 is 0 Å². The zero-order valence-electron chi connectivity index (χ0n) is 20.8. The molecule has 0 saturated heterocycles. The first-order valence-electron chi connectivity index (χ1n) is 11.3. The summed E-state index contributed by atoms with van der Waals surface area (Å²) in [5, 5.41) is 21.0. The third-order valence-electron chi connectivity index (χ3n) is 4.88. The smallest absolute Gasteiger partial charge is 0.120 e. The molecule has 34 heavy (non-hydrogen) atoms. The molecule has 0 aliphatic rings. The van der Waals surface area contributed by atoms with Gasteiger partial charge in [0.2, 0.25) is 0 Å². The fourth-order valence-electron chi connectivity index (χ4n) is 2.78. The van der Waals surface area contributed by atoms with E-state index in [9.17, 15) is 0 Å². The SMILES string of the molecule is CCN(CC)N=Nc1ccc(OC)cc1C#CC#Cc1cc(OC)ccc1N=NN(CC)CC. The molecule has 2 rings (SSSR count). The van der Waals surface area contributed by atoms with Crippen molar-refractivity contribution in [2.24, 2.45) is 20.7 Å². The van der Waals surface area contributed by atoms with Gasteiger partial charge in [0.25, 0.3) is 0 Å². The standard InChI is InChI=1S/C26H32N6O2/c1-7-31(8-2)29-27-25-17-15-23(33-5)19-21(25)13-11-12-14-22-20-24(34-6)16-18-26(22)28-30-32(9-3)10-4/h15-20H,7-10H2,1-6H3. The van der Waals surface area contributed by atoms with Crippen LogP contribution in [0, 0.1) is 23.7 Å². The Morgan fingerprint density at radius 3 is 1.35 bits per heavy atom. The van der Waals surface area contributed by atoms with E-state index in [2.05, 4.69) is 44.4 Å². The van der Waals surface area contributed by atoms with Gasteiger partial charge in [-0.15, -0.1) is 10.2 Å². The van der Waals surface area contributed by atoms with Crippen LogP contribution in [0.25, 0.3) is 0 Å². The minimum atomic E-state index is 0.650. The number of benzene rings is 2. The van der Waals surface area contributed by atoms with E-state index in [1.54, 1.807) is 14.2 Å². The van der Waals surface area contributed by atoms with Gasteiger partial charge >= 0.3 is 0 Å². The predicted molar refractivity (Wildman–Crippen MR) is 135 cm³/mol. The Balaban J connectivity index is 2.38. The summed E-state index contributed by atoms with van der Waals surface area (Å²) in [6, 6.07) is 11.0. The monoisotopic (exact) mass is 460 g/mol. The van der Waals surface area contributed by atoms with Gasteiger partial charge in [-0.25, -0.2) is 0 Å². The summed E-state index contributed by atoms with van der Waals surface area (Å²) < 4.78 is 10.7. The normalized spacial score (nSPS) is 10.4. The first-order valence-corrected chi connectivity index (χ1v) is 11.3. The molecule has 8 heteroatoms. The fourth-order valence-corrected chi connectivity index (χ4v) is 2.78.